The molecule has 10 nitrogen and oxygen atoms in total. The number of methoxy groups -OCH3 is 2. The highest BCUT2D eigenvalue weighted by Crippen LogP contribution is 2.29. The SMILES string of the molecule is COc1ccc(Cn2c(CCc3ccccc3)nnc2C(Cc2c[nH]c3ccccc23)NC(=O)c2ccnnc2)c(OC)c1. The summed E-state index contributed by atoms with van der Waals surface area (Å²) in [5, 5.41) is 21.4. The summed E-state index contributed by atoms with van der Waals surface area (Å²) in [5.74, 6) is 2.58. The number of aromatic nitrogens is 6. The van der Waals surface area contributed by atoms with E-state index in [9.17, 15) is 4.79 Å². The van der Waals surface area contributed by atoms with Gasteiger partial charge in [-0.25, -0.2) is 0 Å². The van der Waals surface area contributed by atoms with Crippen LogP contribution >= 0.6 is 0 Å². The molecule has 2 N–H and O–H groups in total. The number of para-hydroxylation sites is 1. The van der Waals surface area contributed by atoms with Gasteiger partial charge in [0.25, 0.3) is 5.91 Å². The number of nitrogens with zero attached hydrogens (tertiary/aromatic N) is 5. The lowest BCUT2D eigenvalue weighted by Crippen LogP contribution is -2.32. The van der Waals surface area contributed by atoms with Crippen molar-refractivity contribution in [2.24, 2.45) is 0 Å². The molecule has 10 heteroatoms. The van der Waals surface area contributed by atoms with E-state index >= 15 is 0 Å². The zero-order valence-electron chi connectivity index (χ0n) is 24.6. The molecule has 0 aliphatic rings. The number of nitrogens with one attached hydrogen (secondary N) is 2. The number of benzene rings is 3. The first-order valence-electron chi connectivity index (χ1n) is 14.4. The summed E-state index contributed by atoms with van der Waals surface area (Å²) >= 11 is 0. The van der Waals surface area contributed by atoms with E-state index in [0.29, 0.717) is 42.3 Å². The number of fused-ring (bicyclic) bond motifs is 1. The summed E-state index contributed by atoms with van der Waals surface area (Å²) < 4.78 is 13.3. The topological polar surface area (TPSA) is 120 Å². The molecular weight excluding hydrogens is 554 g/mol. The molecule has 3 aromatic heterocycles. The average molecular weight is 588 g/mol. The Labute approximate surface area is 255 Å². The highest BCUT2D eigenvalue weighted by Gasteiger charge is 2.26. The molecule has 6 aromatic rings. The van der Waals surface area contributed by atoms with Crippen molar-refractivity contribution in [3.63, 3.8) is 0 Å². The van der Waals surface area contributed by atoms with Gasteiger partial charge < -0.3 is 24.3 Å². The van der Waals surface area contributed by atoms with Crippen LogP contribution in [0.15, 0.2) is 97.5 Å². The van der Waals surface area contributed by atoms with Crippen molar-refractivity contribution in [2.45, 2.75) is 31.8 Å². The van der Waals surface area contributed by atoms with Crippen LogP contribution in [0.2, 0.25) is 0 Å². The van der Waals surface area contributed by atoms with E-state index in [1.54, 1.807) is 20.3 Å². The standard InChI is InChI=1S/C34H33N7O3/c1-43-27-14-13-25(31(19-27)44-2)22-41-32(15-12-23-8-4-3-5-9-23)39-40-33(41)30(38-34(42)24-16-17-36-37-21-24)18-26-20-35-29-11-7-6-10-28(26)29/h3-11,13-14,16-17,19-21,30,35H,12,15,18,22H2,1-2H3,(H,38,42). The van der Waals surface area contributed by atoms with Gasteiger partial charge in [0.1, 0.15) is 17.3 Å². The summed E-state index contributed by atoms with van der Waals surface area (Å²) in [7, 11) is 3.27. The number of aryl methyl sites for hydroxylation is 2. The Kier molecular flexibility index (Phi) is 8.58. The van der Waals surface area contributed by atoms with E-state index in [0.717, 1.165) is 34.3 Å². The maximum absolute atomic E-state index is 13.5. The van der Waals surface area contributed by atoms with Gasteiger partial charge in [0.15, 0.2) is 5.82 Å². The van der Waals surface area contributed by atoms with Crippen LogP contribution in [0.25, 0.3) is 10.9 Å². The van der Waals surface area contributed by atoms with E-state index in [1.807, 2.05) is 60.8 Å². The van der Waals surface area contributed by atoms with Crippen LogP contribution in [0.5, 0.6) is 11.5 Å². The molecule has 222 valence electrons. The minimum Gasteiger partial charge on any atom is -0.497 e. The quantitative estimate of drug-likeness (QED) is 0.204. The lowest BCUT2D eigenvalue weighted by Gasteiger charge is -2.21. The zero-order valence-corrected chi connectivity index (χ0v) is 24.6. The molecular formula is C34H33N7O3. The summed E-state index contributed by atoms with van der Waals surface area (Å²) in [6.45, 7) is 0.441. The molecule has 3 heterocycles. The molecule has 1 amide bonds. The van der Waals surface area contributed by atoms with E-state index in [2.05, 4.69) is 48.4 Å². The van der Waals surface area contributed by atoms with Crippen molar-refractivity contribution in [3.05, 3.63) is 131 Å². The molecule has 0 aliphatic heterocycles. The number of carbonyl (C=O) groups excluding carboxylic acids is 1. The van der Waals surface area contributed by atoms with Crippen LogP contribution in [0.3, 0.4) is 0 Å². The Morgan fingerprint density at radius 3 is 2.55 bits per heavy atom. The van der Waals surface area contributed by atoms with E-state index in [4.69, 9.17) is 14.6 Å². The summed E-state index contributed by atoms with van der Waals surface area (Å²) in [4.78, 5) is 16.9. The number of ether oxygens (including phenoxy) is 2. The molecule has 0 radical (unpaired) electrons. The third-order valence-corrected chi connectivity index (χ3v) is 7.72. The zero-order chi connectivity index (χ0) is 30.3. The minimum absolute atomic E-state index is 0.271. The second kappa shape index (κ2) is 13.2. The summed E-state index contributed by atoms with van der Waals surface area (Å²) in [5.41, 5.74) is 4.64. The summed E-state index contributed by atoms with van der Waals surface area (Å²) in [6, 6.07) is 25.3. The smallest absolute Gasteiger partial charge is 0.253 e. The second-order valence-electron chi connectivity index (χ2n) is 10.4. The maximum atomic E-state index is 13.5. The fraction of sp³-hybridized carbons (Fsp3) is 0.206. The molecule has 0 spiro atoms. The molecule has 1 unspecified atom stereocenters. The Morgan fingerprint density at radius 2 is 1.75 bits per heavy atom. The number of hydrogen-bond acceptors (Lipinski definition) is 7. The van der Waals surface area contributed by atoms with Crippen LogP contribution in [0.1, 0.15) is 44.7 Å². The minimum atomic E-state index is -0.503. The highest BCUT2D eigenvalue weighted by atomic mass is 16.5. The van der Waals surface area contributed by atoms with Crippen molar-refractivity contribution in [1.29, 1.82) is 0 Å². The number of aromatic amines is 1. The largest absolute Gasteiger partial charge is 0.497 e. The van der Waals surface area contributed by atoms with Crippen molar-refractivity contribution in [1.82, 2.24) is 35.3 Å². The Bertz CT molecular complexity index is 1850. The van der Waals surface area contributed by atoms with Gasteiger partial charge in [0.05, 0.1) is 44.8 Å². The summed E-state index contributed by atoms with van der Waals surface area (Å²) in [6.07, 6.45) is 6.89. The predicted molar refractivity (Wildman–Crippen MR) is 167 cm³/mol. The molecule has 44 heavy (non-hydrogen) atoms. The Balaban J connectivity index is 1.41. The monoisotopic (exact) mass is 587 g/mol. The Morgan fingerprint density at radius 1 is 0.909 bits per heavy atom. The van der Waals surface area contributed by atoms with E-state index in [-0.39, 0.29) is 5.91 Å². The fourth-order valence-electron chi connectivity index (χ4n) is 5.41. The van der Waals surface area contributed by atoms with Crippen LogP contribution in [-0.2, 0) is 25.8 Å². The first kappa shape index (κ1) is 28.6. The molecule has 1 atom stereocenters. The number of amides is 1. The highest BCUT2D eigenvalue weighted by molar-refractivity contribution is 5.94. The van der Waals surface area contributed by atoms with Crippen molar-refractivity contribution < 1.29 is 14.3 Å². The normalized spacial score (nSPS) is 11.8. The average Bonchev–Trinajstić information content (AvgIpc) is 3.68. The lowest BCUT2D eigenvalue weighted by atomic mass is 10.0. The van der Waals surface area contributed by atoms with Crippen molar-refractivity contribution in [3.8, 4) is 11.5 Å². The van der Waals surface area contributed by atoms with Gasteiger partial charge in [0.2, 0.25) is 0 Å². The first-order chi connectivity index (χ1) is 21.6. The van der Waals surface area contributed by atoms with Crippen LogP contribution < -0.4 is 14.8 Å². The van der Waals surface area contributed by atoms with Crippen molar-refractivity contribution in [2.75, 3.05) is 14.2 Å². The number of rotatable bonds is 12. The van der Waals surface area contributed by atoms with Crippen molar-refractivity contribution >= 4 is 16.8 Å². The third kappa shape index (κ3) is 6.29. The van der Waals surface area contributed by atoms with Crippen LogP contribution in [0.4, 0.5) is 0 Å². The second-order valence-corrected chi connectivity index (χ2v) is 10.4. The molecule has 0 saturated heterocycles. The first-order valence-corrected chi connectivity index (χ1v) is 14.4. The number of H-pyrrole nitrogens is 1. The molecule has 0 aliphatic carbocycles. The van der Waals surface area contributed by atoms with E-state index < -0.39 is 6.04 Å². The molecule has 0 fully saturated rings. The molecule has 0 bridgehead atoms. The van der Waals surface area contributed by atoms with Gasteiger partial charge in [-0.05, 0) is 41.8 Å². The van der Waals surface area contributed by atoms with Gasteiger partial charge in [0, 0.05) is 41.6 Å². The molecule has 0 saturated carbocycles. The number of carbonyl (C=O) groups is 1. The molecule has 6 rings (SSSR count). The molecule has 3 aromatic carbocycles. The Hall–Kier alpha value is -5.51. The van der Waals surface area contributed by atoms with E-state index in [1.165, 1.54) is 18.0 Å². The maximum Gasteiger partial charge on any atom is 0.253 e. The van der Waals surface area contributed by atoms with Gasteiger partial charge in [-0.3, -0.25) is 4.79 Å². The fourth-order valence-corrected chi connectivity index (χ4v) is 5.41. The van der Waals surface area contributed by atoms with Gasteiger partial charge in [-0.2, -0.15) is 10.2 Å². The predicted octanol–water partition coefficient (Wildman–Crippen LogP) is 5.11. The van der Waals surface area contributed by atoms with Gasteiger partial charge >= 0.3 is 0 Å². The number of hydrogen-bond donors (Lipinski definition) is 2. The lowest BCUT2D eigenvalue weighted by molar-refractivity contribution is 0.0933. The van der Waals surface area contributed by atoms with Gasteiger partial charge in [-0.1, -0.05) is 48.5 Å². The van der Waals surface area contributed by atoms with Crippen LogP contribution in [-0.4, -0.2) is 50.1 Å². The third-order valence-electron chi connectivity index (χ3n) is 7.72. The van der Waals surface area contributed by atoms with Crippen LogP contribution in [0, 0.1) is 0 Å². The van der Waals surface area contributed by atoms with Gasteiger partial charge in [-0.15, -0.1) is 10.2 Å².